The first kappa shape index (κ1) is 13.4. The lowest BCUT2D eigenvalue weighted by molar-refractivity contribution is 0.0989. The molecule has 2 amide bonds. The molecule has 2 aromatic carbocycles. The maximum atomic E-state index is 11.3. The summed E-state index contributed by atoms with van der Waals surface area (Å²) in [6.07, 6.45) is 0. The number of hydrogen-bond acceptors (Lipinski definition) is 4. The number of carbonyl (C=O) groups is 2. The van der Waals surface area contributed by atoms with Crippen LogP contribution in [-0.2, 0) is 0 Å². The normalized spacial score (nSPS) is 10.0. The summed E-state index contributed by atoms with van der Waals surface area (Å²) in [5, 5.41) is 0. The zero-order valence-corrected chi connectivity index (χ0v) is 10.5. The fraction of sp³-hybridized carbons (Fsp3) is 0. The van der Waals surface area contributed by atoms with Crippen LogP contribution < -0.4 is 21.9 Å². The van der Waals surface area contributed by atoms with Crippen LogP contribution >= 0.6 is 0 Å². The van der Waals surface area contributed by atoms with E-state index in [4.69, 9.17) is 21.9 Å². The quantitative estimate of drug-likeness (QED) is 0.724. The summed E-state index contributed by atoms with van der Waals surface area (Å²) in [6, 6.07) is 11.0. The minimum atomic E-state index is -0.656. The number of amides is 2. The molecule has 0 aliphatic rings. The highest BCUT2D eigenvalue weighted by molar-refractivity contribution is 5.98. The highest BCUT2D eigenvalue weighted by atomic mass is 16.5. The molecule has 6 N–H and O–H groups in total. The monoisotopic (exact) mass is 271 g/mol. The number of anilines is 1. The number of carbonyl (C=O) groups excluding carboxylic acids is 2. The topological polar surface area (TPSA) is 121 Å². The van der Waals surface area contributed by atoms with Crippen molar-refractivity contribution in [1.29, 1.82) is 0 Å². The molecule has 0 radical (unpaired) electrons. The number of para-hydroxylation sites is 1. The molecular formula is C14H13N3O3. The number of primary amides is 2. The SMILES string of the molecule is NC(=O)c1cc(Oc2ccccc2C(N)=O)ccc1N. The van der Waals surface area contributed by atoms with E-state index < -0.39 is 11.8 Å². The molecule has 0 bridgehead atoms. The predicted octanol–water partition coefficient (Wildman–Crippen LogP) is 1.26. The molecule has 0 unspecified atom stereocenters. The number of hydrogen-bond donors (Lipinski definition) is 3. The molecule has 0 aromatic heterocycles. The summed E-state index contributed by atoms with van der Waals surface area (Å²) < 4.78 is 5.55. The molecule has 0 heterocycles. The van der Waals surface area contributed by atoms with E-state index in [9.17, 15) is 9.59 Å². The Labute approximate surface area is 115 Å². The standard InChI is InChI=1S/C14H13N3O3/c15-11-6-5-8(7-10(11)14(17)19)20-12-4-2-1-3-9(12)13(16)18/h1-7H,15H2,(H2,16,18)(H2,17,19). The van der Waals surface area contributed by atoms with Crippen molar-refractivity contribution in [2.45, 2.75) is 0 Å². The number of rotatable bonds is 4. The molecule has 2 rings (SSSR count). The molecule has 0 spiro atoms. The molecule has 0 aliphatic carbocycles. The zero-order valence-electron chi connectivity index (χ0n) is 10.5. The molecule has 102 valence electrons. The van der Waals surface area contributed by atoms with Crippen molar-refractivity contribution in [3.63, 3.8) is 0 Å². The number of nitrogen functional groups attached to an aromatic ring is 1. The third kappa shape index (κ3) is 2.69. The second-order valence-corrected chi connectivity index (χ2v) is 4.08. The van der Waals surface area contributed by atoms with Crippen molar-refractivity contribution in [2.75, 3.05) is 5.73 Å². The van der Waals surface area contributed by atoms with Crippen LogP contribution in [0.25, 0.3) is 0 Å². The molecule has 0 aliphatic heterocycles. The Morgan fingerprint density at radius 3 is 2.20 bits per heavy atom. The van der Waals surface area contributed by atoms with Gasteiger partial charge in [0.15, 0.2) is 0 Å². The van der Waals surface area contributed by atoms with Gasteiger partial charge in [-0.25, -0.2) is 0 Å². The van der Waals surface area contributed by atoms with Gasteiger partial charge in [-0.05, 0) is 30.3 Å². The highest BCUT2D eigenvalue weighted by Gasteiger charge is 2.11. The van der Waals surface area contributed by atoms with Crippen LogP contribution in [0.4, 0.5) is 5.69 Å². The van der Waals surface area contributed by atoms with Gasteiger partial charge < -0.3 is 21.9 Å². The Kier molecular flexibility index (Phi) is 3.56. The van der Waals surface area contributed by atoms with Gasteiger partial charge in [0.1, 0.15) is 11.5 Å². The molecule has 0 saturated heterocycles. The van der Waals surface area contributed by atoms with Gasteiger partial charge in [0.2, 0.25) is 0 Å². The number of nitrogens with two attached hydrogens (primary N) is 3. The summed E-state index contributed by atoms with van der Waals surface area (Å²) in [5.41, 5.74) is 16.7. The maximum Gasteiger partial charge on any atom is 0.252 e. The fourth-order valence-corrected chi connectivity index (χ4v) is 1.70. The van der Waals surface area contributed by atoms with Crippen LogP contribution in [0.3, 0.4) is 0 Å². The van der Waals surface area contributed by atoms with Crippen molar-refractivity contribution < 1.29 is 14.3 Å². The van der Waals surface area contributed by atoms with Crippen molar-refractivity contribution in [3.8, 4) is 11.5 Å². The lowest BCUT2D eigenvalue weighted by Gasteiger charge is -2.10. The Balaban J connectivity index is 2.38. The minimum Gasteiger partial charge on any atom is -0.457 e. The van der Waals surface area contributed by atoms with Gasteiger partial charge in [0.25, 0.3) is 11.8 Å². The minimum absolute atomic E-state index is 0.152. The Morgan fingerprint density at radius 2 is 1.55 bits per heavy atom. The molecule has 6 heteroatoms. The van der Waals surface area contributed by atoms with Crippen molar-refractivity contribution >= 4 is 17.5 Å². The van der Waals surface area contributed by atoms with E-state index in [0.29, 0.717) is 11.5 Å². The first-order valence-electron chi connectivity index (χ1n) is 5.75. The molecule has 6 nitrogen and oxygen atoms in total. The lowest BCUT2D eigenvalue weighted by Crippen LogP contribution is -2.14. The van der Waals surface area contributed by atoms with Crippen molar-refractivity contribution in [1.82, 2.24) is 0 Å². The smallest absolute Gasteiger partial charge is 0.252 e. The van der Waals surface area contributed by atoms with Crippen LogP contribution in [0.2, 0.25) is 0 Å². The van der Waals surface area contributed by atoms with E-state index in [1.165, 1.54) is 12.1 Å². The van der Waals surface area contributed by atoms with E-state index in [-0.39, 0.29) is 16.8 Å². The third-order valence-corrected chi connectivity index (χ3v) is 2.67. The summed E-state index contributed by atoms with van der Waals surface area (Å²) in [7, 11) is 0. The summed E-state index contributed by atoms with van der Waals surface area (Å²) >= 11 is 0. The molecule has 20 heavy (non-hydrogen) atoms. The highest BCUT2D eigenvalue weighted by Crippen LogP contribution is 2.27. The van der Waals surface area contributed by atoms with Gasteiger partial charge >= 0.3 is 0 Å². The Morgan fingerprint density at radius 1 is 0.900 bits per heavy atom. The zero-order chi connectivity index (χ0) is 14.7. The summed E-state index contributed by atoms with van der Waals surface area (Å²) in [4.78, 5) is 22.5. The van der Waals surface area contributed by atoms with Crippen LogP contribution in [0.15, 0.2) is 42.5 Å². The average Bonchev–Trinajstić information content (AvgIpc) is 2.41. The van der Waals surface area contributed by atoms with Crippen molar-refractivity contribution in [2.24, 2.45) is 11.5 Å². The van der Waals surface area contributed by atoms with E-state index in [2.05, 4.69) is 0 Å². The fourth-order valence-electron chi connectivity index (χ4n) is 1.70. The predicted molar refractivity (Wildman–Crippen MR) is 74.4 cm³/mol. The van der Waals surface area contributed by atoms with Gasteiger partial charge in [-0.2, -0.15) is 0 Å². The van der Waals surface area contributed by atoms with E-state index >= 15 is 0 Å². The van der Waals surface area contributed by atoms with Crippen LogP contribution in [0.5, 0.6) is 11.5 Å². The number of benzene rings is 2. The molecule has 2 aromatic rings. The second kappa shape index (κ2) is 5.31. The Bertz CT molecular complexity index is 683. The van der Waals surface area contributed by atoms with E-state index in [0.717, 1.165) is 0 Å². The molecule has 0 atom stereocenters. The summed E-state index contributed by atoms with van der Waals surface area (Å²) in [6.45, 7) is 0. The first-order valence-corrected chi connectivity index (χ1v) is 5.75. The largest absolute Gasteiger partial charge is 0.457 e. The van der Waals surface area contributed by atoms with Gasteiger partial charge in [-0.15, -0.1) is 0 Å². The molecular weight excluding hydrogens is 258 g/mol. The second-order valence-electron chi connectivity index (χ2n) is 4.08. The van der Waals surface area contributed by atoms with Gasteiger partial charge in [0.05, 0.1) is 11.1 Å². The van der Waals surface area contributed by atoms with E-state index in [1.54, 1.807) is 30.3 Å². The average molecular weight is 271 g/mol. The van der Waals surface area contributed by atoms with E-state index in [1.807, 2.05) is 0 Å². The number of ether oxygens (including phenoxy) is 1. The van der Waals surface area contributed by atoms with Crippen LogP contribution in [0, 0.1) is 0 Å². The first-order chi connectivity index (χ1) is 9.49. The lowest BCUT2D eigenvalue weighted by atomic mass is 10.1. The van der Waals surface area contributed by atoms with Gasteiger partial charge in [0, 0.05) is 5.69 Å². The van der Waals surface area contributed by atoms with Crippen LogP contribution in [0.1, 0.15) is 20.7 Å². The molecule has 0 saturated carbocycles. The van der Waals surface area contributed by atoms with Crippen molar-refractivity contribution in [3.05, 3.63) is 53.6 Å². The summed E-state index contributed by atoms with van der Waals surface area (Å²) in [5.74, 6) is -0.635. The maximum absolute atomic E-state index is 11.3. The molecule has 0 fully saturated rings. The third-order valence-electron chi connectivity index (χ3n) is 2.67. The van der Waals surface area contributed by atoms with Crippen LogP contribution in [-0.4, -0.2) is 11.8 Å². The van der Waals surface area contributed by atoms with Gasteiger partial charge in [-0.1, -0.05) is 12.1 Å². The Hall–Kier alpha value is -3.02. The van der Waals surface area contributed by atoms with Gasteiger partial charge in [-0.3, -0.25) is 9.59 Å².